The highest BCUT2D eigenvalue weighted by molar-refractivity contribution is 9.10. The first kappa shape index (κ1) is 11.3. The van der Waals surface area contributed by atoms with Crippen LogP contribution in [0.15, 0.2) is 53.0 Å². The maximum Gasteiger partial charge on any atom is 0.123 e. The van der Waals surface area contributed by atoms with E-state index < -0.39 is 0 Å². The molecule has 0 heterocycles. The van der Waals surface area contributed by atoms with E-state index >= 15 is 0 Å². The summed E-state index contributed by atoms with van der Waals surface area (Å²) in [6, 6.07) is 14.9. The van der Waals surface area contributed by atoms with Crippen molar-refractivity contribution in [2.75, 3.05) is 0 Å². The smallest absolute Gasteiger partial charge is 0.123 e. The van der Waals surface area contributed by atoms with E-state index in [1.807, 2.05) is 18.2 Å². The van der Waals surface area contributed by atoms with E-state index in [9.17, 15) is 4.39 Å². The van der Waals surface area contributed by atoms with E-state index in [0.717, 1.165) is 10.0 Å². The van der Waals surface area contributed by atoms with Gasteiger partial charge in [0.15, 0.2) is 0 Å². The van der Waals surface area contributed by atoms with Crippen molar-refractivity contribution in [3.63, 3.8) is 0 Å². The summed E-state index contributed by atoms with van der Waals surface area (Å²) in [4.78, 5) is 0. The quantitative estimate of drug-likeness (QED) is 0.744. The molecule has 2 rings (SSSR count). The standard InChI is InChI=1S/C14H12BrF/c1-10(11-5-3-2-4-6-11)13-9-12(16)7-8-14(13)15/h2-10H,1H3/t10-/m0/s1. The lowest BCUT2D eigenvalue weighted by atomic mass is 9.93. The Hall–Kier alpha value is -1.15. The maximum atomic E-state index is 13.2. The maximum absolute atomic E-state index is 13.2. The summed E-state index contributed by atoms with van der Waals surface area (Å²) >= 11 is 3.46. The van der Waals surface area contributed by atoms with E-state index in [0.29, 0.717) is 0 Å². The zero-order chi connectivity index (χ0) is 11.5. The third-order valence-electron chi connectivity index (χ3n) is 2.72. The Balaban J connectivity index is 2.41. The van der Waals surface area contributed by atoms with Crippen LogP contribution in [0.2, 0.25) is 0 Å². The van der Waals surface area contributed by atoms with Gasteiger partial charge in [0, 0.05) is 10.4 Å². The second-order valence-electron chi connectivity index (χ2n) is 3.80. The first-order valence-electron chi connectivity index (χ1n) is 5.18. The number of halogens is 2. The van der Waals surface area contributed by atoms with Crippen molar-refractivity contribution >= 4 is 15.9 Å². The molecule has 2 heteroatoms. The molecule has 0 aliphatic heterocycles. The zero-order valence-electron chi connectivity index (χ0n) is 8.95. The Morgan fingerprint density at radius 2 is 1.75 bits per heavy atom. The van der Waals surface area contributed by atoms with Crippen LogP contribution in [-0.2, 0) is 0 Å². The topological polar surface area (TPSA) is 0 Å². The minimum Gasteiger partial charge on any atom is -0.207 e. The predicted octanol–water partition coefficient (Wildman–Crippen LogP) is 4.74. The highest BCUT2D eigenvalue weighted by atomic mass is 79.9. The second-order valence-corrected chi connectivity index (χ2v) is 4.65. The highest BCUT2D eigenvalue weighted by Crippen LogP contribution is 2.30. The largest absolute Gasteiger partial charge is 0.207 e. The van der Waals surface area contributed by atoms with Gasteiger partial charge < -0.3 is 0 Å². The normalized spacial score (nSPS) is 12.4. The first-order chi connectivity index (χ1) is 7.68. The molecule has 0 aliphatic rings. The van der Waals surface area contributed by atoms with Crippen molar-refractivity contribution in [2.45, 2.75) is 12.8 Å². The van der Waals surface area contributed by atoms with Crippen molar-refractivity contribution in [2.24, 2.45) is 0 Å². The SMILES string of the molecule is C[C@@H](c1ccccc1)c1cc(F)ccc1Br. The molecule has 0 aromatic heterocycles. The van der Waals surface area contributed by atoms with E-state index in [-0.39, 0.29) is 11.7 Å². The van der Waals surface area contributed by atoms with Crippen LogP contribution in [0.1, 0.15) is 24.0 Å². The van der Waals surface area contributed by atoms with Crippen LogP contribution < -0.4 is 0 Å². The van der Waals surface area contributed by atoms with Crippen molar-refractivity contribution < 1.29 is 4.39 Å². The van der Waals surface area contributed by atoms with Gasteiger partial charge in [0.05, 0.1) is 0 Å². The fourth-order valence-corrected chi connectivity index (χ4v) is 2.36. The van der Waals surface area contributed by atoms with Crippen LogP contribution >= 0.6 is 15.9 Å². The molecule has 0 unspecified atom stereocenters. The number of rotatable bonds is 2. The Bertz CT molecular complexity index is 479. The molecule has 0 amide bonds. The van der Waals surface area contributed by atoms with Gasteiger partial charge >= 0.3 is 0 Å². The van der Waals surface area contributed by atoms with E-state index in [1.54, 1.807) is 12.1 Å². The summed E-state index contributed by atoms with van der Waals surface area (Å²) in [5.41, 5.74) is 2.17. The fourth-order valence-electron chi connectivity index (χ4n) is 1.77. The van der Waals surface area contributed by atoms with E-state index in [2.05, 4.69) is 35.0 Å². The molecule has 0 nitrogen and oxygen atoms in total. The van der Waals surface area contributed by atoms with Crippen molar-refractivity contribution in [1.29, 1.82) is 0 Å². The molecule has 0 saturated carbocycles. The number of hydrogen-bond acceptors (Lipinski definition) is 0. The monoisotopic (exact) mass is 278 g/mol. The highest BCUT2D eigenvalue weighted by Gasteiger charge is 2.12. The van der Waals surface area contributed by atoms with Gasteiger partial charge in [-0.3, -0.25) is 0 Å². The van der Waals surface area contributed by atoms with Gasteiger partial charge in [-0.15, -0.1) is 0 Å². The third kappa shape index (κ3) is 2.33. The predicted molar refractivity (Wildman–Crippen MR) is 68.1 cm³/mol. The van der Waals surface area contributed by atoms with Gasteiger partial charge in [0.2, 0.25) is 0 Å². The summed E-state index contributed by atoms with van der Waals surface area (Å²) in [7, 11) is 0. The van der Waals surface area contributed by atoms with Crippen LogP contribution in [0.5, 0.6) is 0 Å². The summed E-state index contributed by atoms with van der Waals surface area (Å²) in [5.74, 6) is -0.00717. The van der Waals surface area contributed by atoms with Gasteiger partial charge in [0.1, 0.15) is 5.82 Å². The van der Waals surface area contributed by atoms with Gasteiger partial charge in [-0.1, -0.05) is 53.2 Å². The lowest BCUT2D eigenvalue weighted by Crippen LogP contribution is -1.97. The minimum absolute atomic E-state index is 0.186. The molecular formula is C14H12BrF. The molecular weight excluding hydrogens is 267 g/mol. The van der Waals surface area contributed by atoms with Crippen molar-refractivity contribution in [1.82, 2.24) is 0 Å². The van der Waals surface area contributed by atoms with Crippen LogP contribution in [0.25, 0.3) is 0 Å². The summed E-state index contributed by atoms with van der Waals surface area (Å²) in [6.45, 7) is 2.08. The lowest BCUT2D eigenvalue weighted by molar-refractivity contribution is 0.623. The second kappa shape index (κ2) is 4.79. The third-order valence-corrected chi connectivity index (χ3v) is 3.45. The molecule has 1 atom stereocenters. The summed E-state index contributed by atoms with van der Waals surface area (Å²) < 4.78 is 14.2. The summed E-state index contributed by atoms with van der Waals surface area (Å²) in [5, 5.41) is 0. The van der Waals surface area contributed by atoms with Crippen LogP contribution in [0, 0.1) is 5.82 Å². The van der Waals surface area contributed by atoms with E-state index in [4.69, 9.17) is 0 Å². The molecule has 0 aliphatic carbocycles. The van der Waals surface area contributed by atoms with Crippen molar-refractivity contribution in [3.05, 3.63) is 69.9 Å². The Morgan fingerprint density at radius 3 is 2.44 bits per heavy atom. The van der Waals surface area contributed by atoms with Gasteiger partial charge in [-0.05, 0) is 29.3 Å². The Kier molecular flexibility index (Phi) is 3.39. The van der Waals surface area contributed by atoms with Crippen LogP contribution in [0.3, 0.4) is 0 Å². The minimum atomic E-state index is -0.194. The molecule has 2 aromatic rings. The molecule has 82 valence electrons. The van der Waals surface area contributed by atoms with Gasteiger partial charge in [-0.25, -0.2) is 4.39 Å². The molecule has 0 radical (unpaired) electrons. The average Bonchev–Trinajstić information content (AvgIpc) is 2.32. The van der Waals surface area contributed by atoms with Gasteiger partial charge in [0.25, 0.3) is 0 Å². The molecule has 0 saturated heterocycles. The number of hydrogen-bond donors (Lipinski definition) is 0. The average molecular weight is 279 g/mol. The molecule has 2 aromatic carbocycles. The number of benzene rings is 2. The summed E-state index contributed by atoms with van der Waals surface area (Å²) in [6.07, 6.45) is 0. The zero-order valence-corrected chi connectivity index (χ0v) is 10.5. The van der Waals surface area contributed by atoms with Gasteiger partial charge in [-0.2, -0.15) is 0 Å². The van der Waals surface area contributed by atoms with Crippen molar-refractivity contribution in [3.8, 4) is 0 Å². The molecule has 16 heavy (non-hydrogen) atoms. The Labute approximate surface area is 103 Å². The molecule has 0 N–H and O–H groups in total. The molecule has 0 spiro atoms. The van der Waals surface area contributed by atoms with Crippen LogP contribution in [0.4, 0.5) is 4.39 Å². The molecule has 0 fully saturated rings. The first-order valence-corrected chi connectivity index (χ1v) is 5.97. The lowest BCUT2D eigenvalue weighted by Gasteiger charge is -2.14. The fraction of sp³-hybridized carbons (Fsp3) is 0.143. The molecule has 0 bridgehead atoms. The van der Waals surface area contributed by atoms with E-state index in [1.165, 1.54) is 11.6 Å². The van der Waals surface area contributed by atoms with Crippen LogP contribution in [-0.4, -0.2) is 0 Å². The Morgan fingerprint density at radius 1 is 1.06 bits per heavy atom.